The van der Waals surface area contributed by atoms with E-state index in [2.05, 4.69) is 22.9 Å². The zero-order valence-electron chi connectivity index (χ0n) is 12.4. The number of hydrogen-bond acceptors (Lipinski definition) is 2. The molecule has 0 amide bonds. The van der Waals surface area contributed by atoms with Gasteiger partial charge in [0, 0.05) is 24.4 Å². The van der Waals surface area contributed by atoms with Crippen LogP contribution in [0.25, 0.3) is 5.57 Å². The summed E-state index contributed by atoms with van der Waals surface area (Å²) in [5, 5.41) is 3.57. The largest absolute Gasteiger partial charge is 1.00 e. The van der Waals surface area contributed by atoms with Crippen molar-refractivity contribution in [3.63, 3.8) is 0 Å². The molecule has 1 aliphatic heterocycles. The molecule has 21 heavy (non-hydrogen) atoms. The molecule has 0 saturated heterocycles. The Morgan fingerprint density at radius 3 is 2.95 bits per heavy atom. The summed E-state index contributed by atoms with van der Waals surface area (Å²) in [6.45, 7) is 4.51. The van der Waals surface area contributed by atoms with Crippen molar-refractivity contribution in [2.24, 2.45) is 0 Å². The molecule has 5 heteroatoms. The molecule has 0 unspecified atom stereocenters. The van der Waals surface area contributed by atoms with Gasteiger partial charge in [0.1, 0.15) is 5.82 Å². The number of nitrogens with one attached hydrogen (secondary N) is 1. The van der Waals surface area contributed by atoms with Gasteiger partial charge in [-0.3, -0.25) is 0 Å². The Morgan fingerprint density at radius 2 is 2.24 bits per heavy atom. The first-order chi connectivity index (χ1) is 9.61. The average molecular weight is 315 g/mol. The van der Waals surface area contributed by atoms with Crippen molar-refractivity contribution in [1.82, 2.24) is 10.2 Å². The van der Waals surface area contributed by atoms with Gasteiger partial charge in [-0.2, -0.15) is 5.57 Å². The van der Waals surface area contributed by atoms with Crippen molar-refractivity contribution in [1.29, 1.82) is 0 Å². The van der Waals surface area contributed by atoms with Crippen LogP contribution in [0.4, 0.5) is 4.39 Å². The van der Waals surface area contributed by atoms with Gasteiger partial charge in [0.2, 0.25) is 0 Å². The molecule has 1 heterocycles. The minimum absolute atomic E-state index is 0. The predicted molar refractivity (Wildman–Crippen MR) is 81.3 cm³/mol. The Balaban J connectivity index is 0.00000220. The maximum absolute atomic E-state index is 13.9. The third kappa shape index (κ3) is 4.89. The molecule has 0 bridgehead atoms. The third-order valence-corrected chi connectivity index (χ3v) is 3.45. The average Bonchev–Trinajstić information content (AvgIpc) is 2.41. The van der Waals surface area contributed by atoms with E-state index in [1.165, 1.54) is 6.07 Å². The molecule has 2 nitrogen and oxygen atoms in total. The SMILES string of the molecule is C=CNC1=[C-]/C=C(/c2cc(Cl)ccc2F)CCCN1C.[Na+]. The Kier molecular flexibility index (Phi) is 7.53. The molecule has 0 fully saturated rings. The Hall–Kier alpha value is -0.740. The van der Waals surface area contributed by atoms with Crippen molar-refractivity contribution >= 4 is 17.2 Å². The van der Waals surface area contributed by atoms with E-state index in [9.17, 15) is 4.39 Å². The third-order valence-electron chi connectivity index (χ3n) is 3.22. The number of benzene rings is 1. The first-order valence-electron chi connectivity index (χ1n) is 6.48. The van der Waals surface area contributed by atoms with Gasteiger partial charge in [0.25, 0.3) is 0 Å². The van der Waals surface area contributed by atoms with Crippen molar-refractivity contribution in [2.75, 3.05) is 13.6 Å². The fraction of sp³-hybridized carbons (Fsp3) is 0.250. The van der Waals surface area contributed by atoms with Gasteiger partial charge in [-0.1, -0.05) is 36.2 Å². The maximum Gasteiger partial charge on any atom is 1.00 e. The summed E-state index contributed by atoms with van der Waals surface area (Å²) < 4.78 is 13.9. The fourth-order valence-corrected chi connectivity index (χ4v) is 2.33. The first-order valence-corrected chi connectivity index (χ1v) is 6.86. The standard InChI is InChI=1S/C16H17ClFN2.Na/c1-3-19-16-9-6-12(5-4-10-20(16)2)14-11-13(17)7-8-15(14)18;/h3,6-8,11,19H,1,4-5,10H2,2H3;/q-1;+1/b12-6+;. The van der Waals surface area contributed by atoms with E-state index in [4.69, 9.17) is 11.6 Å². The summed E-state index contributed by atoms with van der Waals surface area (Å²) >= 11 is 5.96. The number of nitrogens with zero attached hydrogens (tertiary/aromatic N) is 1. The molecule has 0 aromatic heterocycles. The monoisotopic (exact) mass is 314 g/mol. The van der Waals surface area contributed by atoms with Gasteiger partial charge in [0.15, 0.2) is 0 Å². The second-order valence-corrected chi connectivity index (χ2v) is 5.10. The molecule has 0 spiro atoms. The number of halogens is 2. The van der Waals surface area contributed by atoms with Crippen LogP contribution in [-0.2, 0) is 0 Å². The zero-order valence-corrected chi connectivity index (χ0v) is 15.2. The molecule has 106 valence electrons. The van der Waals surface area contributed by atoms with E-state index in [0.29, 0.717) is 10.6 Å². The molecule has 1 aromatic carbocycles. The van der Waals surface area contributed by atoms with Gasteiger partial charge in [-0.05, 0) is 24.8 Å². The smallest absolute Gasteiger partial charge is 0.377 e. The number of rotatable bonds is 3. The molecular formula is C16H17ClFN2Na. The van der Waals surface area contributed by atoms with Crippen LogP contribution in [0, 0.1) is 11.9 Å². The Morgan fingerprint density at radius 1 is 1.48 bits per heavy atom. The van der Waals surface area contributed by atoms with Crippen LogP contribution in [0.15, 0.2) is 42.9 Å². The van der Waals surface area contributed by atoms with Crippen molar-refractivity contribution < 1.29 is 33.9 Å². The molecule has 1 aliphatic rings. The summed E-state index contributed by atoms with van der Waals surface area (Å²) in [7, 11) is 1.98. The maximum atomic E-state index is 13.9. The number of allylic oxidation sites excluding steroid dienone is 3. The van der Waals surface area contributed by atoms with Crippen LogP contribution in [0.5, 0.6) is 0 Å². The van der Waals surface area contributed by atoms with Crippen LogP contribution < -0.4 is 34.9 Å². The Labute approximate surface area is 152 Å². The summed E-state index contributed by atoms with van der Waals surface area (Å²) in [6.07, 6.45) is 8.29. The van der Waals surface area contributed by atoms with E-state index >= 15 is 0 Å². The second-order valence-electron chi connectivity index (χ2n) is 4.66. The van der Waals surface area contributed by atoms with Crippen LogP contribution in [0.1, 0.15) is 18.4 Å². The molecule has 0 saturated carbocycles. The van der Waals surface area contributed by atoms with E-state index in [1.54, 1.807) is 18.3 Å². The summed E-state index contributed by atoms with van der Waals surface area (Å²) in [4.78, 5) is 2.06. The van der Waals surface area contributed by atoms with Crippen LogP contribution in [0.3, 0.4) is 0 Å². The fourth-order valence-electron chi connectivity index (χ4n) is 2.16. The minimum Gasteiger partial charge on any atom is -0.377 e. The molecule has 0 radical (unpaired) electrons. The topological polar surface area (TPSA) is 15.3 Å². The first kappa shape index (κ1) is 18.3. The van der Waals surface area contributed by atoms with Gasteiger partial charge in [-0.25, -0.2) is 16.5 Å². The summed E-state index contributed by atoms with van der Waals surface area (Å²) in [5.74, 6) is 0.564. The van der Waals surface area contributed by atoms with E-state index in [-0.39, 0.29) is 35.4 Å². The van der Waals surface area contributed by atoms with Crippen LogP contribution in [-0.4, -0.2) is 18.5 Å². The quantitative estimate of drug-likeness (QED) is 0.661. The number of hydrogen-bond donors (Lipinski definition) is 1. The van der Waals surface area contributed by atoms with Crippen LogP contribution >= 0.6 is 11.6 Å². The molecule has 1 aromatic rings. The van der Waals surface area contributed by atoms with Gasteiger partial charge in [-0.15, -0.1) is 0 Å². The normalized spacial score (nSPS) is 17.6. The van der Waals surface area contributed by atoms with Gasteiger partial charge < -0.3 is 10.2 Å². The van der Waals surface area contributed by atoms with Gasteiger partial charge in [0.05, 0.1) is 0 Å². The molecule has 2 rings (SSSR count). The second kappa shape index (κ2) is 8.64. The van der Waals surface area contributed by atoms with E-state index in [0.717, 1.165) is 30.8 Å². The minimum atomic E-state index is -0.255. The van der Waals surface area contributed by atoms with Crippen molar-refractivity contribution in [3.8, 4) is 0 Å². The van der Waals surface area contributed by atoms with Gasteiger partial charge >= 0.3 is 29.6 Å². The Bertz CT molecular complexity index is 569. The molecule has 0 atom stereocenters. The molecule has 1 N–H and O–H groups in total. The van der Waals surface area contributed by atoms with Crippen LogP contribution in [0.2, 0.25) is 5.02 Å². The summed E-state index contributed by atoms with van der Waals surface area (Å²) in [5.41, 5.74) is 1.45. The summed E-state index contributed by atoms with van der Waals surface area (Å²) in [6, 6.07) is 4.62. The van der Waals surface area contributed by atoms with Crippen molar-refractivity contribution in [2.45, 2.75) is 12.8 Å². The van der Waals surface area contributed by atoms with Crippen molar-refractivity contribution in [3.05, 3.63) is 65.4 Å². The van der Waals surface area contributed by atoms with E-state index in [1.807, 2.05) is 13.1 Å². The molecule has 0 aliphatic carbocycles. The predicted octanol–water partition coefficient (Wildman–Crippen LogP) is 0.970. The zero-order chi connectivity index (χ0) is 14.5. The molecular weight excluding hydrogens is 298 g/mol. The van der Waals surface area contributed by atoms with E-state index < -0.39 is 0 Å².